The molecule has 1 fully saturated rings. The molecule has 2 atom stereocenters. The van der Waals surface area contributed by atoms with Crippen molar-refractivity contribution in [1.29, 1.82) is 0 Å². The highest BCUT2D eigenvalue weighted by Gasteiger charge is 2.27. The smallest absolute Gasteiger partial charge is 0.311 e. The number of aromatic amines is 1. The van der Waals surface area contributed by atoms with Crippen LogP contribution in [-0.2, 0) is 20.7 Å². The number of carbonyl (C=O) groups is 1. The van der Waals surface area contributed by atoms with Crippen molar-refractivity contribution in [2.45, 2.75) is 58.3 Å². The van der Waals surface area contributed by atoms with Crippen LogP contribution in [0.1, 0.15) is 37.3 Å². The van der Waals surface area contributed by atoms with Gasteiger partial charge in [0.15, 0.2) is 3.95 Å². The van der Waals surface area contributed by atoms with Crippen LogP contribution in [0, 0.1) is 10.9 Å². The van der Waals surface area contributed by atoms with Crippen molar-refractivity contribution in [3.05, 3.63) is 14.5 Å². The number of aromatic nitrogens is 1. The molecular weight excluding hydrogens is 282 g/mol. The van der Waals surface area contributed by atoms with Gasteiger partial charge in [0, 0.05) is 23.4 Å². The Balaban J connectivity index is 1.91. The topological polar surface area (TPSA) is 51.3 Å². The Bertz CT molecular complexity index is 498. The standard InChI is InChI=1S/C13H19NO3S2/c1-7-4-10(5-8(2)16-7)17-12(15)6-11-9(3)14-13(18)19-11/h7-8,10H,4-6H2,1-3H3,(H,14,18). The summed E-state index contributed by atoms with van der Waals surface area (Å²) in [6.07, 6.45) is 2.12. The second kappa shape index (κ2) is 6.15. The monoisotopic (exact) mass is 301 g/mol. The zero-order valence-corrected chi connectivity index (χ0v) is 13.0. The minimum absolute atomic E-state index is 0.0292. The fourth-order valence-electron chi connectivity index (χ4n) is 2.40. The molecule has 19 heavy (non-hydrogen) atoms. The van der Waals surface area contributed by atoms with Gasteiger partial charge in [0.2, 0.25) is 0 Å². The Morgan fingerprint density at radius 2 is 2.11 bits per heavy atom. The van der Waals surface area contributed by atoms with Crippen LogP contribution in [0.3, 0.4) is 0 Å². The number of ether oxygens (including phenoxy) is 2. The predicted octanol–water partition coefficient (Wildman–Crippen LogP) is 3.16. The SMILES string of the molecule is Cc1[nH]c(=S)sc1CC(=O)OC1CC(C)OC(C)C1. The van der Waals surface area contributed by atoms with Crippen LogP contribution in [0.4, 0.5) is 0 Å². The summed E-state index contributed by atoms with van der Waals surface area (Å²) in [5, 5.41) is 0. The molecule has 1 aromatic heterocycles. The van der Waals surface area contributed by atoms with Gasteiger partial charge in [0.05, 0.1) is 18.6 Å². The molecule has 1 aromatic rings. The van der Waals surface area contributed by atoms with Gasteiger partial charge in [-0.1, -0.05) is 0 Å². The van der Waals surface area contributed by atoms with Gasteiger partial charge >= 0.3 is 5.97 Å². The Labute approximate surface area is 122 Å². The molecule has 2 heterocycles. The molecule has 2 rings (SSSR count). The van der Waals surface area contributed by atoms with E-state index in [0.717, 1.165) is 23.4 Å². The number of aryl methyl sites for hydroxylation is 1. The second-order valence-corrected chi connectivity index (χ2v) is 6.85. The maximum atomic E-state index is 12.0. The van der Waals surface area contributed by atoms with Gasteiger partial charge in [-0.15, -0.1) is 11.3 Å². The zero-order valence-electron chi connectivity index (χ0n) is 11.4. The molecule has 1 aliphatic heterocycles. The Morgan fingerprint density at radius 3 is 2.63 bits per heavy atom. The Hall–Kier alpha value is -0.720. The quantitative estimate of drug-likeness (QED) is 0.688. The fraction of sp³-hybridized carbons (Fsp3) is 0.692. The highest BCUT2D eigenvalue weighted by molar-refractivity contribution is 7.73. The first-order chi connectivity index (χ1) is 8.94. The molecule has 1 saturated heterocycles. The molecule has 0 spiro atoms. The number of hydrogen-bond donors (Lipinski definition) is 1. The van der Waals surface area contributed by atoms with E-state index in [-0.39, 0.29) is 24.3 Å². The lowest BCUT2D eigenvalue weighted by atomic mass is 10.0. The van der Waals surface area contributed by atoms with Crippen LogP contribution < -0.4 is 0 Å². The third-order valence-electron chi connectivity index (χ3n) is 3.18. The van der Waals surface area contributed by atoms with Gasteiger partial charge in [0.1, 0.15) is 6.10 Å². The molecule has 0 bridgehead atoms. The first kappa shape index (κ1) is 14.7. The molecule has 0 amide bonds. The van der Waals surface area contributed by atoms with E-state index in [4.69, 9.17) is 21.7 Å². The summed E-state index contributed by atoms with van der Waals surface area (Å²) in [5.41, 5.74) is 0.959. The summed E-state index contributed by atoms with van der Waals surface area (Å²) in [6.45, 7) is 5.95. The van der Waals surface area contributed by atoms with E-state index in [0.29, 0.717) is 10.4 Å². The molecule has 6 heteroatoms. The molecular formula is C13H19NO3S2. The zero-order chi connectivity index (χ0) is 14.0. The van der Waals surface area contributed by atoms with E-state index < -0.39 is 0 Å². The normalized spacial score (nSPS) is 27.2. The van der Waals surface area contributed by atoms with Crippen LogP contribution >= 0.6 is 23.6 Å². The minimum atomic E-state index is -0.181. The third-order valence-corrected chi connectivity index (χ3v) is 4.52. The summed E-state index contributed by atoms with van der Waals surface area (Å²) in [7, 11) is 0. The number of H-pyrrole nitrogens is 1. The van der Waals surface area contributed by atoms with Gasteiger partial charge in [-0.2, -0.15) is 0 Å². The average Bonchev–Trinajstić information content (AvgIpc) is 2.55. The number of nitrogens with one attached hydrogen (secondary N) is 1. The summed E-state index contributed by atoms with van der Waals surface area (Å²) in [6, 6.07) is 0. The van der Waals surface area contributed by atoms with Crippen molar-refractivity contribution in [2.24, 2.45) is 0 Å². The van der Waals surface area contributed by atoms with Gasteiger partial charge < -0.3 is 14.5 Å². The summed E-state index contributed by atoms with van der Waals surface area (Å²) in [5.74, 6) is -0.181. The number of thiazole rings is 1. The van der Waals surface area contributed by atoms with Crippen LogP contribution in [-0.4, -0.2) is 29.3 Å². The maximum Gasteiger partial charge on any atom is 0.311 e. The molecule has 0 aliphatic carbocycles. The molecule has 106 valence electrons. The summed E-state index contributed by atoms with van der Waals surface area (Å²) < 4.78 is 11.9. The van der Waals surface area contributed by atoms with Crippen LogP contribution in [0.5, 0.6) is 0 Å². The summed E-state index contributed by atoms with van der Waals surface area (Å²) >= 11 is 6.50. The largest absolute Gasteiger partial charge is 0.462 e. The van der Waals surface area contributed by atoms with Crippen molar-refractivity contribution in [2.75, 3.05) is 0 Å². The molecule has 0 radical (unpaired) electrons. The van der Waals surface area contributed by atoms with E-state index in [1.165, 1.54) is 11.3 Å². The molecule has 0 aromatic carbocycles. The molecule has 4 nitrogen and oxygen atoms in total. The van der Waals surface area contributed by atoms with Crippen molar-refractivity contribution in [1.82, 2.24) is 4.98 Å². The molecule has 0 saturated carbocycles. The van der Waals surface area contributed by atoms with Gasteiger partial charge in [-0.05, 0) is 33.0 Å². The summed E-state index contributed by atoms with van der Waals surface area (Å²) in [4.78, 5) is 15.9. The van der Waals surface area contributed by atoms with E-state index in [9.17, 15) is 4.79 Å². The number of hydrogen-bond acceptors (Lipinski definition) is 5. The fourth-order valence-corrected chi connectivity index (χ4v) is 3.68. The highest BCUT2D eigenvalue weighted by Crippen LogP contribution is 2.23. The van der Waals surface area contributed by atoms with Crippen molar-refractivity contribution >= 4 is 29.5 Å². The number of esters is 1. The Kier molecular flexibility index (Phi) is 4.76. The third kappa shape index (κ3) is 4.12. The van der Waals surface area contributed by atoms with Crippen LogP contribution in [0.25, 0.3) is 0 Å². The van der Waals surface area contributed by atoms with E-state index >= 15 is 0 Å². The van der Waals surface area contributed by atoms with E-state index in [1.54, 1.807) is 0 Å². The number of carbonyl (C=O) groups excluding carboxylic acids is 1. The van der Waals surface area contributed by atoms with Crippen LogP contribution in [0.2, 0.25) is 0 Å². The maximum absolute atomic E-state index is 12.0. The average molecular weight is 301 g/mol. The van der Waals surface area contributed by atoms with Gasteiger partial charge in [-0.3, -0.25) is 4.79 Å². The molecule has 2 unspecified atom stereocenters. The van der Waals surface area contributed by atoms with E-state index in [1.807, 2.05) is 20.8 Å². The lowest BCUT2D eigenvalue weighted by Crippen LogP contribution is -2.35. The van der Waals surface area contributed by atoms with E-state index in [2.05, 4.69) is 4.98 Å². The highest BCUT2D eigenvalue weighted by atomic mass is 32.1. The van der Waals surface area contributed by atoms with Crippen molar-refractivity contribution in [3.8, 4) is 0 Å². The van der Waals surface area contributed by atoms with Crippen LogP contribution in [0.15, 0.2) is 0 Å². The van der Waals surface area contributed by atoms with Gasteiger partial charge in [0.25, 0.3) is 0 Å². The molecule has 1 aliphatic rings. The Morgan fingerprint density at radius 1 is 1.47 bits per heavy atom. The van der Waals surface area contributed by atoms with Crippen molar-refractivity contribution in [3.63, 3.8) is 0 Å². The lowest BCUT2D eigenvalue weighted by Gasteiger charge is -2.31. The first-order valence-corrected chi connectivity index (χ1v) is 7.70. The minimum Gasteiger partial charge on any atom is -0.462 e. The first-order valence-electron chi connectivity index (χ1n) is 6.47. The van der Waals surface area contributed by atoms with Crippen molar-refractivity contribution < 1.29 is 14.3 Å². The second-order valence-electron chi connectivity index (χ2n) is 5.08. The predicted molar refractivity (Wildman–Crippen MR) is 77.1 cm³/mol. The molecule has 1 N–H and O–H groups in total. The number of rotatable bonds is 3. The lowest BCUT2D eigenvalue weighted by molar-refractivity contribution is -0.158. The van der Waals surface area contributed by atoms with Gasteiger partial charge in [-0.25, -0.2) is 0 Å².